The molecule has 1 spiro atoms. The van der Waals surface area contributed by atoms with Crippen molar-refractivity contribution in [3.05, 3.63) is 11.6 Å². The van der Waals surface area contributed by atoms with Gasteiger partial charge in [0.1, 0.15) is 5.60 Å². The summed E-state index contributed by atoms with van der Waals surface area (Å²) in [6.07, 6.45) is 12.3. The lowest BCUT2D eigenvalue weighted by atomic mass is 9.49. The van der Waals surface area contributed by atoms with E-state index < -0.39 is 5.60 Å². The number of hydrogen-bond acceptors (Lipinski definition) is 3. The zero-order valence-electron chi connectivity index (χ0n) is 15.4. The minimum Gasteiger partial charge on any atom is -0.366 e. The van der Waals surface area contributed by atoms with Crippen molar-refractivity contribution in [2.75, 3.05) is 6.61 Å². The highest BCUT2D eigenvalue weighted by atomic mass is 16.5. The number of hydrogen-bond donors (Lipinski definition) is 0. The molecule has 6 atom stereocenters. The van der Waals surface area contributed by atoms with E-state index in [2.05, 4.69) is 6.92 Å². The van der Waals surface area contributed by atoms with Crippen LogP contribution in [0.5, 0.6) is 0 Å². The van der Waals surface area contributed by atoms with E-state index in [1.807, 2.05) is 6.08 Å². The van der Waals surface area contributed by atoms with Crippen molar-refractivity contribution in [1.82, 2.24) is 0 Å². The number of fused-ring (bicyclic) bond motifs is 6. The Labute approximate surface area is 150 Å². The first-order valence-electron chi connectivity index (χ1n) is 10.5. The second-order valence-corrected chi connectivity index (χ2v) is 9.24. The lowest BCUT2D eigenvalue weighted by Crippen LogP contribution is -2.56. The Balaban J connectivity index is 1.50. The van der Waals surface area contributed by atoms with Crippen molar-refractivity contribution in [1.29, 1.82) is 0 Å². The number of carbonyl (C=O) groups is 2. The number of ketones is 2. The van der Waals surface area contributed by atoms with Crippen LogP contribution in [0.4, 0.5) is 0 Å². The first-order chi connectivity index (χ1) is 12.1. The summed E-state index contributed by atoms with van der Waals surface area (Å²) in [5, 5.41) is 0. The molecule has 3 saturated carbocycles. The van der Waals surface area contributed by atoms with Gasteiger partial charge in [-0.2, -0.15) is 0 Å². The Morgan fingerprint density at radius 3 is 2.68 bits per heavy atom. The molecular formula is C22H30O3. The van der Waals surface area contributed by atoms with Crippen LogP contribution in [0.1, 0.15) is 71.1 Å². The van der Waals surface area contributed by atoms with Gasteiger partial charge in [0.25, 0.3) is 0 Å². The Morgan fingerprint density at radius 1 is 1.04 bits per heavy atom. The Morgan fingerprint density at radius 2 is 1.92 bits per heavy atom. The van der Waals surface area contributed by atoms with E-state index in [-0.39, 0.29) is 5.41 Å². The Bertz CT molecular complexity index is 650. The smallest absolute Gasteiger partial charge is 0.167 e. The molecular weight excluding hydrogens is 312 g/mol. The monoisotopic (exact) mass is 342 g/mol. The second-order valence-electron chi connectivity index (χ2n) is 9.24. The van der Waals surface area contributed by atoms with Crippen molar-refractivity contribution < 1.29 is 14.3 Å². The summed E-state index contributed by atoms with van der Waals surface area (Å²) in [7, 11) is 0. The molecule has 25 heavy (non-hydrogen) atoms. The normalized spacial score (nSPS) is 48.9. The maximum Gasteiger partial charge on any atom is 0.167 e. The molecule has 0 aromatic carbocycles. The average molecular weight is 342 g/mol. The fraction of sp³-hybridized carbons (Fsp3) is 0.818. The predicted octanol–water partition coefficient (Wildman–Crippen LogP) is 4.25. The fourth-order valence-corrected chi connectivity index (χ4v) is 7.95. The molecule has 4 fully saturated rings. The zero-order valence-corrected chi connectivity index (χ0v) is 15.4. The molecule has 0 amide bonds. The molecule has 0 aromatic rings. The zero-order chi connectivity index (χ0) is 17.2. The van der Waals surface area contributed by atoms with Gasteiger partial charge in [-0.05, 0) is 81.1 Å². The Kier molecular flexibility index (Phi) is 3.58. The minimum absolute atomic E-state index is 0.0907. The van der Waals surface area contributed by atoms with Gasteiger partial charge in [0.05, 0.1) is 6.61 Å². The molecule has 3 nitrogen and oxygen atoms in total. The molecule has 0 radical (unpaired) electrons. The summed E-state index contributed by atoms with van der Waals surface area (Å²) in [5.74, 6) is 3.51. The number of rotatable bonds is 1. The van der Waals surface area contributed by atoms with Gasteiger partial charge in [-0.15, -0.1) is 0 Å². The van der Waals surface area contributed by atoms with Crippen molar-refractivity contribution in [2.24, 2.45) is 29.1 Å². The SMILES string of the molecule is CC[C@]12CC[C@H]3[C@@H](CCC4=CC(=O)CC[C@@H]43)[C@@H]1CC[C@@]21OCCC1=O. The van der Waals surface area contributed by atoms with Crippen LogP contribution < -0.4 is 0 Å². The van der Waals surface area contributed by atoms with E-state index in [0.717, 1.165) is 50.4 Å². The molecule has 1 saturated heterocycles. The molecule has 5 rings (SSSR count). The van der Waals surface area contributed by atoms with E-state index >= 15 is 0 Å². The van der Waals surface area contributed by atoms with Gasteiger partial charge in [-0.3, -0.25) is 9.59 Å². The summed E-state index contributed by atoms with van der Waals surface area (Å²) < 4.78 is 6.27. The van der Waals surface area contributed by atoms with E-state index in [1.54, 1.807) is 0 Å². The molecule has 1 aliphatic heterocycles. The molecule has 0 bridgehead atoms. The lowest BCUT2D eigenvalue weighted by molar-refractivity contribution is -0.161. The van der Waals surface area contributed by atoms with Crippen molar-refractivity contribution in [3.63, 3.8) is 0 Å². The standard InChI is InChI=1S/C22H30O3/c1-2-21-10-7-17-16-6-4-15(23)13-14(16)3-5-18(17)19(21)8-11-22(21)20(24)9-12-25-22/h13,16-19H,2-12H2,1H3/t16-,17+,18+,19-,21-,22-/m0/s1. The third-order valence-electron chi connectivity index (χ3n) is 8.88. The van der Waals surface area contributed by atoms with Crippen LogP contribution >= 0.6 is 0 Å². The minimum atomic E-state index is -0.448. The van der Waals surface area contributed by atoms with Crippen molar-refractivity contribution in [3.8, 4) is 0 Å². The maximum atomic E-state index is 12.9. The molecule has 1 heterocycles. The molecule has 4 aliphatic carbocycles. The highest BCUT2D eigenvalue weighted by molar-refractivity contribution is 5.91. The lowest BCUT2D eigenvalue weighted by Gasteiger charge is -2.56. The number of carbonyl (C=O) groups excluding carboxylic acids is 2. The quantitative estimate of drug-likeness (QED) is 0.715. The van der Waals surface area contributed by atoms with Gasteiger partial charge in [-0.1, -0.05) is 12.5 Å². The van der Waals surface area contributed by atoms with Crippen LogP contribution in [0.3, 0.4) is 0 Å². The van der Waals surface area contributed by atoms with Crippen LogP contribution in [0, 0.1) is 29.1 Å². The number of ether oxygens (including phenoxy) is 1. The van der Waals surface area contributed by atoms with Crippen LogP contribution in [-0.2, 0) is 14.3 Å². The first-order valence-corrected chi connectivity index (χ1v) is 10.5. The van der Waals surface area contributed by atoms with Gasteiger partial charge < -0.3 is 4.74 Å². The first kappa shape index (κ1) is 16.2. The molecule has 5 aliphatic rings. The van der Waals surface area contributed by atoms with Crippen molar-refractivity contribution >= 4 is 11.6 Å². The molecule has 0 unspecified atom stereocenters. The predicted molar refractivity (Wildman–Crippen MR) is 95.0 cm³/mol. The largest absolute Gasteiger partial charge is 0.366 e. The summed E-state index contributed by atoms with van der Waals surface area (Å²) in [6.45, 7) is 2.93. The van der Waals surface area contributed by atoms with Gasteiger partial charge in [0.15, 0.2) is 11.6 Å². The van der Waals surface area contributed by atoms with Crippen LogP contribution in [-0.4, -0.2) is 23.8 Å². The highest BCUT2D eigenvalue weighted by Gasteiger charge is 2.68. The summed E-state index contributed by atoms with van der Waals surface area (Å²) in [4.78, 5) is 24.7. The molecule has 0 N–H and O–H groups in total. The van der Waals surface area contributed by atoms with Gasteiger partial charge in [-0.25, -0.2) is 0 Å². The van der Waals surface area contributed by atoms with E-state index in [9.17, 15) is 9.59 Å². The van der Waals surface area contributed by atoms with E-state index in [4.69, 9.17) is 4.74 Å². The third-order valence-corrected chi connectivity index (χ3v) is 8.88. The van der Waals surface area contributed by atoms with Crippen molar-refractivity contribution in [2.45, 2.75) is 76.7 Å². The topological polar surface area (TPSA) is 43.4 Å². The van der Waals surface area contributed by atoms with Crippen LogP contribution in [0.25, 0.3) is 0 Å². The average Bonchev–Trinajstić information content (AvgIpc) is 3.17. The molecule has 0 aromatic heterocycles. The summed E-state index contributed by atoms with van der Waals surface area (Å²) >= 11 is 0. The third kappa shape index (κ3) is 1.97. The van der Waals surface area contributed by atoms with Crippen LogP contribution in [0.15, 0.2) is 11.6 Å². The van der Waals surface area contributed by atoms with E-state index in [1.165, 1.54) is 24.8 Å². The molecule has 3 heteroatoms. The van der Waals surface area contributed by atoms with Gasteiger partial charge in [0.2, 0.25) is 0 Å². The van der Waals surface area contributed by atoms with Gasteiger partial charge in [0, 0.05) is 18.3 Å². The van der Waals surface area contributed by atoms with E-state index in [0.29, 0.717) is 36.4 Å². The van der Waals surface area contributed by atoms with Crippen LogP contribution in [0.2, 0.25) is 0 Å². The molecule has 136 valence electrons. The fourth-order valence-electron chi connectivity index (χ4n) is 7.95. The highest BCUT2D eigenvalue weighted by Crippen LogP contribution is 2.68. The summed E-state index contributed by atoms with van der Waals surface area (Å²) in [5.41, 5.74) is 1.09. The Hall–Kier alpha value is -0.960. The second kappa shape index (κ2) is 5.52. The summed E-state index contributed by atoms with van der Waals surface area (Å²) in [6, 6.07) is 0. The maximum absolute atomic E-state index is 12.9. The number of Topliss-reactive ketones (excluding diaryl/α,β-unsaturated/α-hetero) is 1. The number of allylic oxidation sites excluding steroid dienone is 1. The van der Waals surface area contributed by atoms with Gasteiger partial charge >= 0.3 is 0 Å².